The van der Waals surface area contributed by atoms with Gasteiger partial charge in [0.15, 0.2) is 11.6 Å². The Hall–Kier alpha value is -2.60. The molecule has 6 nitrogen and oxygen atoms in total. The SMILES string of the molecule is CC1=CC(=O)c2c(O)c3c(c(O)c2C1=O)C[C@H](O)C=C3O. The number of aromatic hydroxyl groups is 2. The van der Waals surface area contributed by atoms with Crippen LogP contribution in [-0.4, -0.2) is 38.1 Å². The van der Waals surface area contributed by atoms with Crippen molar-refractivity contribution in [1.82, 2.24) is 0 Å². The fourth-order valence-corrected chi connectivity index (χ4v) is 2.77. The van der Waals surface area contributed by atoms with Crippen LogP contribution in [0.25, 0.3) is 5.76 Å². The van der Waals surface area contributed by atoms with Crippen molar-refractivity contribution in [3.8, 4) is 11.5 Å². The first-order valence-electron chi connectivity index (χ1n) is 6.30. The van der Waals surface area contributed by atoms with E-state index in [-0.39, 0.29) is 34.2 Å². The van der Waals surface area contributed by atoms with Gasteiger partial charge in [0.1, 0.15) is 17.3 Å². The minimum Gasteiger partial charge on any atom is -0.507 e. The monoisotopic (exact) mass is 288 g/mol. The minimum absolute atomic E-state index is 0.0506. The van der Waals surface area contributed by atoms with Gasteiger partial charge >= 0.3 is 0 Å². The lowest BCUT2D eigenvalue weighted by atomic mass is 9.81. The van der Waals surface area contributed by atoms with Crippen LogP contribution in [0.5, 0.6) is 11.5 Å². The Kier molecular flexibility index (Phi) is 2.67. The summed E-state index contributed by atoms with van der Waals surface area (Å²) in [5.41, 5.74) is -0.519. The van der Waals surface area contributed by atoms with E-state index in [1.807, 2.05) is 0 Å². The summed E-state index contributed by atoms with van der Waals surface area (Å²) in [6, 6.07) is 0. The molecule has 0 bridgehead atoms. The molecule has 0 heterocycles. The predicted octanol–water partition coefficient (Wildman–Crippen LogP) is 1.24. The zero-order chi connectivity index (χ0) is 15.5. The molecule has 1 atom stereocenters. The molecule has 6 heteroatoms. The third kappa shape index (κ3) is 1.69. The molecular formula is C15H12O6. The summed E-state index contributed by atoms with van der Waals surface area (Å²) in [6.07, 6.45) is 1.06. The van der Waals surface area contributed by atoms with Gasteiger partial charge in [0.25, 0.3) is 0 Å². The van der Waals surface area contributed by atoms with Gasteiger partial charge in [0.05, 0.1) is 22.8 Å². The largest absolute Gasteiger partial charge is 0.507 e. The lowest BCUT2D eigenvalue weighted by Gasteiger charge is -2.25. The number of hydrogen-bond donors (Lipinski definition) is 4. The van der Waals surface area contributed by atoms with Crippen molar-refractivity contribution >= 4 is 17.3 Å². The highest BCUT2D eigenvalue weighted by Gasteiger charge is 2.36. The number of fused-ring (bicyclic) bond motifs is 2. The number of aliphatic hydroxyl groups is 2. The first-order valence-corrected chi connectivity index (χ1v) is 6.30. The van der Waals surface area contributed by atoms with E-state index in [4.69, 9.17) is 0 Å². The van der Waals surface area contributed by atoms with Crippen molar-refractivity contribution in [2.45, 2.75) is 19.4 Å². The highest BCUT2D eigenvalue weighted by molar-refractivity contribution is 6.27. The smallest absolute Gasteiger partial charge is 0.193 e. The Labute approximate surface area is 119 Å². The highest BCUT2D eigenvalue weighted by atomic mass is 16.3. The van der Waals surface area contributed by atoms with Crippen LogP contribution < -0.4 is 0 Å². The maximum Gasteiger partial charge on any atom is 0.193 e. The Morgan fingerprint density at radius 3 is 2.38 bits per heavy atom. The van der Waals surface area contributed by atoms with Gasteiger partial charge in [-0.1, -0.05) is 0 Å². The van der Waals surface area contributed by atoms with Gasteiger partial charge in [-0.25, -0.2) is 0 Å². The summed E-state index contributed by atoms with van der Waals surface area (Å²) in [6.45, 7) is 1.44. The second kappa shape index (κ2) is 4.20. The quantitative estimate of drug-likeness (QED) is 0.534. The van der Waals surface area contributed by atoms with Crippen LogP contribution in [0.2, 0.25) is 0 Å². The third-order valence-corrected chi connectivity index (χ3v) is 3.75. The minimum atomic E-state index is -1.05. The van der Waals surface area contributed by atoms with Crippen LogP contribution in [0.3, 0.4) is 0 Å². The standard InChI is InChI=1S/C15H12O6/c1-5-2-8(17)11-12(13(5)19)14(20)7-3-6(16)4-9(18)10(7)15(11)21/h2,4,6,16,18,20-21H,3H2,1H3/t6-/m0/s1. The van der Waals surface area contributed by atoms with E-state index < -0.39 is 34.9 Å². The van der Waals surface area contributed by atoms with Crippen molar-refractivity contribution in [3.63, 3.8) is 0 Å². The second-order valence-electron chi connectivity index (χ2n) is 5.14. The van der Waals surface area contributed by atoms with E-state index in [0.717, 1.165) is 12.2 Å². The summed E-state index contributed by atoms with van der Waals surface area (Å²) in [5.74, 6) is -2.66. The van der Waals surface area contributed by atoms with Crippen LogP contribution in [0.4, 0.5) is 0 Å². The van der Waals surface area contributed by atoms with Crippen LogP contribution in [0.15, 0.2) is 17.7 Å². The van der Waals surface area contributed by atoms with Gasteiger partial charge in [-0.3, -0.25) is 9.59 Å². The van der Waals surface area contributed by atoms with E-state index in [0.29, 0.717) is 0 Å². The molecule has 1 aromatic carbocycles. The molecule has 3 rings (SSSR count). The van der Waals surface area contributed by atoms with Crippen LogP contribution in [0.1, 0.15) is 38.8 Å². The zero-order valence-electron chi connectivity index (χ0n) is 11.0. The molecule has 0 amide bonds. The number of phenols is 2. The van der Waals surface area contributed by atoms with E-state index in [2.05, 4.69) is 0 Å². The van der Waals surface area contributed by atoms with Gasteiger partial charge in [-0.05, 0) is 19.1 Å². The molecule has 0 saturated heterocycles. The number of benzene rings is 1. The number of phenolic OH excluding ortho intramolecular Hbond substituents is 2. The first-order chi connectivity index (χ1) is 9.82. The number of aliphatic hydroxyl groups excluding tert-OH is 2. The second-order valence-corrected chi connectivity index (χ2v) is 5.14. The summed E-state index contributed by atoms with van der Waals surface area (Å²) >= 11 is 0. The van der Waals surface area contributed by atoms with Gasteiger partial charge in [-0.15, -0.1) is 0 Å². The van der Waals surface area contributed by atoms with Crippen LogP contribution in [0, 0.1) is 0 Å². The Morgan fingerprint density at radius 2 is 1.71 bits per heavy atom. The maximum absolute atomic E-state index is 12.2. The first kappa shape index (κ1) is 13.4. The molecule has 1 aromatic rings. The molecule has 0 unspecified atom stereocenters. The number of rotatable bonds is 0. The van der Waals surface area contributed by atoms with E-state index in [1.165, 1.54) is 6.92 Å². The number of carbonyl (C=O) groups excluding carboxylic acids is 2. The predicted molar refractivity (Wildman–Crippen MR) is 72.5 cm³/mol. The molecule has 0 fully saturated rings. The zero-order valence-corrected chi connectivity index (χ0v) is 11.0. The molecule has 0 radical (unpaired) electrons. The van der Waals surface area contributed by atoms with Crippen LogP contribution >= 0.6 is 0 Å². The topological polar surface area (TPSA) is 115 Å². The Morgan fingerprint density at radius 1 is 1.05 bits per heavy atom. The average molecular weight is 288 g/mol. The highest BCUT2D eigenvalue weighted by Crippen LogP contribution is 2.45. The number of allylic oxidation sites excluding steroid dienone is 2. The maximum atomic E-state index is 12.2. The van der Waals surface area contributed by atoms with Crippen molar-refractivity contribution < 1.29 is 30.0 Å². The van der Waals surface area contributed by atoms with Gasteiger partial charge in [0, 0.05) is 17.6 Å². The molecule has 2 aliphatic carbocycles. The van der Waals surface area contributed by atoms with Gasteiger partial charge in [-0.2, -0.15) is 0 Å². The fraction of sp³-hybridized carbons (Fsp3) is 0.200. The molecular weight excluding hydrogens is 276 g/mol. The molecule has 0 aromatic heterocycles. The Bertz CT molecular complexity index is 769. The van der Waals surface area contributed by atoms with Gasteiger partial charge in [0.2, 0.25) is 0 Å². The number of ketones is 2. The van der Waals surface area contributed by atoms with Crippen molar-refractivity contribution in [3.05, 3.63) is 40.0 Å². The Balaban J connectivity index is 2.42. The van der Waals surface area contributed by atoms with Gasteiger partial charge < -0.3 is 20.4 Å². The van der Waals surface area contributed by atoms with Crippen LogP contribution in [-0.2, 0) is 6.42 Å². The fourth-order valence-electron chi connectivity index (χ4n) is 2.77. The lowest BCUT2D eigenvalue weighted by molar-refractivity contribution is 0.0979. The molecule has 0 saturated carbocycles. The normalized spacial score (nSPS) is 20.6. The summed E-state index contributed by atoms with van der Waals surface area (Å²) < 4.78 is 0. The molecule has 4 N–H and O–H groups in total. The van der Waals surface area contributed by atoms with E-state index in [1.54, 1.807) is 0 Å². The van der Waals surface area contributed by atoms with Crippen molar-refractivity contribution in [2.75, 3.05) is 0 Å². The van der Waals surface area contributed by atoms with E-state index in [9.17, 15) is 30.0 Å². The molecule has 21 heavy (non-hydrogen) atoms. The molecule has 108 valence electrons. The number of carbonyl (C=O) groups is 2. The molecule has 2 aliphatic rings. The summed E-state index contributed by atoms with van der Waals surface area (Å²) in [7, 11) is 0. The lowest BCUT2D eigenvalue weighted by Crippen LogP contribution is -2.21. The third-order valence-electron chi connectivity index (χ3n) is 3.75. The number of hydrogen-bond acceptors (Lipinski definition) is 6. The average Bonchev–Trinajstić information content (AvgIpc) is 2.39. The summed E-state index contributed by atoms with van der Waals surface area (Å²) in [4.78, 5) is 24.2. The van der Waals surface area contributed by atoms with E-state index >= 15 is 0 Å². The van der Waals surface area contributed by atoms with Crippen molar-refractivity contribution in [1.29, 1.82) is 0 Å². The molecule has 0 spiro atoms. The summed E-state index contributed by atoms with van der Waals surface area (Å²) in [5, 5.41) is 40.0. The molecule has 0 aliphatic heterocycles. The van der Waals surface area contributed by atoms with Crippen molar-refractivity contribution in [2.24, 2.45) is 0 Å². The number of Topliss-reactive ketones (excluding diaryl/α,β-unsaturated/α-hetero) is 1.